The van der Waals surface area contributed by atoms with E-state index in [1.165, 1.54) is 0 Å². The predicted octanol–water partition coefficient (Wildman–Crippen LogP) is 2.83. The first-order valence-corrected chi connectivity index (χ1v) is 7.17. The van der Waals surface area contributed by atoms with Crippen LogP contribution in [0.3, 0.4) is 0 Å². The molecule has 0 aliphatic heterocycles. The second kappa shape index (κ2) is 5.69. The Hall–Kier alpha value is -1.10. The minimum atomic E-state index is -4.18. The quantitative estimate of drug-likeness (QED) is 0.633. The van der Waals surface area contributed by atoms with E-state index in [4.69, 9.17) is 27.5 Å². The summed E-state index contributed by atoms with van der Waals surface area (Å²) in [5.41, 5.74) is -0.527. The number of nitrogens with zero attached hydrogens (tertiary/aromatic N) is 1. The summed E-state index contributed by atoms with van der Waals surface area (Å²) in [6, 6.07) is 3.63. The van der Waals surface area contributed by atoms with Gasteiger partial charge < -0.3 is 4.74 Å². The summed E-state index contributed by atoms with van der Waals surface area (Å²) in [5.74, 6) is -1.02. The first-order valence-electron chi connectivity index (χ1n) is 4.32. The molecule has 0 bridgehead atoms. The Labute approximate surface area is 111 Å². The molecule has 0 unspecified atom stereocenters. The number of hydrogen-bond acceptors (Lipinski definition) is 4. The van der Waals surface area contributed by atoms with Crippen LogP contribution in [-0.4, -0.2) is 15.0 Å². The molecule has 0 radical (unpaired) electrons. The molecule has 1 rings (SSSR count). The molecule has 0 saturated heterocycles. The third-order valence-electron chi connectivity index (χ3n) is 1.94. The molecule has 18 heavy (non-hydrogen) atoms. The smallest absolute Gasteiger partial charge is 0.387 e. The van der Waals surface area contributed by atoms with Crippen molar-refractivity contribution in [2.24, 2.45) is 0 Å². The van der Waals surface area contributed by atoms with Crippen LogP contribution in [0.1, 0.15) is 11.1 Å². The zero-order valence-corrected chi connectivity index (χ0v) is 10.9. The molecular formula is C9H5Cl2F2NO3S. The van der Waals surface area contributed by atoms with Gasteiger partial charge in [-0.1, -0.05) is 0 Å². The minimum Gasteiger partial charge on any atom is -0.433 e. The fourth-order valence-corrected chi connectivity index (χ4v) is 2.74. The van der Waals surface area contributed by atoms with Crippen molar-refractivity contribution in [3.63, 3.8) is 0 Å². The molecule has 0 aliphatic carbocycles. The van der Waals surface area contributed by atoms with E-state index in [1.807, 2.05) is 0 Å². The van der Waals surface area contributed by atoms with E-state index in [9.17, 15) is 17.2 Å². The molecule has 9 heteroatoms. The molecule has 0 amide bonds. The Bertz CT molecular complexity index is 599. The average molecular weight is 316 g/mol. The van der Waals surface area contributed by atoms with Crippen LogP contribution in [0.2, 0.25) is 0 Å². The van der Waals surface area contributed by atoms with Crippen LogP contribution in [0.25, 0.3) is 0 Å². The fourth-order valence-electron chi connectivity index (χ4n) is 1.28. The Balaban J connectivity index is 3.58. The van der Waals surface area contributed by atoms with Crippen LogP contribution in [0.15, 0.2) is 17.0 Å². The maximum absolute atomic E-state index is 12.2. The summed E-state index contributed by atoms with van der Waals surface area (Å²) in [5, 5.41) is 8.74. The zero-order valence-electron chi connectivity index (χ0n) is 8.53. The first kappa shape index (κ1) is 15.0. The van der Waals surface area contributed by atoms with Gasteiger partial charge in [0.1, 0.15) is 11.8 Å². The van der Waals surface area contributed by atoms with E-state index in [-0.39, 0.29) is 11.1 Å². The van der Waals surface area contributed by atoms with Crippen molar-refractivity contribution in [3.8, 4) is 11.8 Å². The monoisotopic (exact) mass is 315 g/mol. The van der Waals surface area contributed by atoms with Gasteiger partial charge in [-0.2, -0.15) is 14.0 Å². The summed E-state index contributed by atoms with van der Waals surface area (Å²) in [6.07, 6.45) is 0. The van der Waals surface area contributed by atoms with Gasteiger partial charge >= 0.3 is 6.61 Å². The lowest BCUT2D eigenvalue weighted by molar-refractivity contribution is -0.0507. The number of benzene rings is 1. The highest BCUT2D eigenvalue weighted by Crippen LogP contribution is 2.33. The molecular weight excluding hydrogens is 311 g/mol. The standard InChI is InChI=1S/C9H5Cl2F2NO3S/c10-3-6-7(18(11,15)16)2-1-5(4-14)8(6)17-9(12)13/h1-2,9H,3H2. The second-order valence-electron chi connectivity index (χ2n) is 2.98. The lowest BCUT2D eigenvalue weighted by Crippen LogP contribution is -2.08. The van der Waals surface area contributed by atoms with Crippen LogP contribution in [0.4, 0.5) is 8.78 Å². The summed E-state index contributed by atoms with van der Waals surface area (Å²) >= 11 is 5.50. The molecule has 0 N–H and O–H groups in total. The van der Waals surface area contributed by atoms with Crippen LogP contribution in [0.5, 0.6) is 5.75 Å². The van der Waals surface area contributed by atoms with Crippen LogP contribution in [-0.2, 0) is 14.9 Å². The van der Waals surface area contributed by atoms with Crippen molar-refractivity contribution in [1.82, 2.24) is 0 Å². The highest BCUT2D eigenvalue weighted by atomic mass is 35.7. The Morgan fingerprint density at radius 3 is 2.44 bits per heavy atom. The number of hydrogen-bond donors (Lipinski definition) is 0. The van der Waals surface area contributed by atoms with Gasteiger partial charge in [-0.15, -0.1) is 11.6 Å². The van der Waals surface area contributed by atoms with E-state index >= 15 is 0 Å². The lowest BCUT2D eigenvalue weighted by Gasteiger charge is -2.13. The van der Waals surface area contributed by atoms with E-state index < -0.39 is 32.2 Å². The zero-order chi connectivity index (χ0) is 13.9. The highest BCUT2D eigenvalue weighted by molar-refractivity contribution is 8.13. The number of nitriles is 1. The molecule has 0 fully saturated rings. The third-order valence-corrected chi connectivity index (χ3v) is 3.62. The van der Waals surface area contributed by atoms with Crippen LogP contribution in [0, 0.1) is 11.3 Å². The van der Waals surface area contributed by atoms with Crippen LogP contribution < -0.4 is 4.74 Å². The van der Waals surface area contributed by atoms with Crippen molar-refractivity contribution in [3.05, 3.63) is 23.3 Å². The van der Waals surface area contributed by atoms with Crippen molar-refractivity contribution < 1.29 is 21.9 Å². The maximum Gasteiger partial charge on any atom is 0.387 e. The van der Waals surface area contributed by atoms with Gasteiger partial charge in [0.05, 0.1) is 16.3 Å². The predicted molar refractivity (Wildman–Crippen MR) is 60.4 cm³/mol. The molecule has 0 heterocycles. The molecule has 0 atom stereocenters. The summed E-state index contributed by atoms with van der Waals surface area (Å²) in [4.78, 5) is -0.464. The summed E-state index contributed by atoms with van der Waals surface area (Å²) in [7, 11) is 0.959. The molecule has 1 aromatic carbocycles. The molecule has 0 spiro atoms. The van der Waals surface area contributed by atoms with Gasteiger partial charge in [0.2, 0.25) is 0 Å². The van der Waals surface area contributed by atoms with Gasteiger partial charge in [-0.3, -0.25) is 0 Å². The summed E-state index contributed by atoms with van der Waals surface area (Å²) in [6.45, 7) is -3.22. The van der Waals surface area contributed by atoms with Gasteiger partial charge in [0.15, 0.2) is 0 Å². The average Bonchev–Trinajstić information content (AvgIpc) is 2.26. The molecule has 0 aromatic heterocycles. The lowest BCUT2D eigenvalue weighted by atomic mass is 10.1. The number of alkyl halides is 3. The number of rotatable bonds is 4. The van der Waals surface area contributed by atoms with Crippen molar-refractivity contribution in [2.45, 2.75) is 17.4 Å². The van der Waals surface area contributed by atoms with Gasteiger partial charge in [0, 0.05) is 16.2 Å². The van der Waals surface area contributed by atoms with Gasteiger partial charge in [-0.25, -0.2) is 8.42 Å². The molecule has 1 aromatic rings. The third kappa shape index (κ3) is 3.22. The second-order valence-corrected chi connectivity index (χ2v) is 5.78. The van der Waals surface area contributed by atoms with Crippen molar-refractivity contribution in [2.75, 3.05) is 0 Å². The Morgan fingerprint density at radius 1 is 1.44 bits per heavy atom. The molecule has 98 valence electrons. The minimum absolute atomic E-state index is 0.255. The van der Waals surface area contributed by atoms with Crippen molar-refractivity contribution >= 4 is 31.3 Å². The van der Waals surface area contributed by atoms with Gasteiger partial charge in [0.25, 0.3) is 9.05 Å². The van der Waals surface area contributed by atoms with Gasteiger partial charge in [-0.05, 0) is 12.1 Å². The normalized spacial score (nSPS) is 11.3. The Morgan fingerprint density at radius 2 is 2.06 bits per heavy atom. The van der Waals surface area contributed by atoms with Crippen molar-refractivity contribution in [1.29, 1.82) is 5.26 Å². The Kier molecular flexibility index (Phi) is 4.73. The summed E-state index contributed by atoms with van der Waals surface area (Å²) < 4.78 is 51.0. The SMILES string of the molecule is N#Cc1ccc(S(=O)(=O)Cl)c(CCl)c1OC(F)F. The first-order chi connectivity index (χ1) is 8.31. The van der Waals surface area contributed by atoms with E-state index in [2.05, 4.69) is 4.74 Å². The molecule has 4 nitrogen and oxygen atoms in total. The number of halogens is 4. The maximum atomic E-state index is 12.2. The topological polar surface area (TPSA) is 67.2 Å². The van der Waals surface area contributed by atoms with E-state index in [1.54, 1.807) is 6.07 Å². The van der Waals surface area contributed by atoms with E-state index in [0.717, 1.165) is 12.1 Å². The molecule has 0 aliphatic rings. The van der Waals surface area contributed by atoms with Crippen LogP contribution >= 0.6 is 22.3 Å². The van der Waals surface area contributed by atoms with E-state index in [0.29, 0.717) is 0 Å². The largest absolute Gasteiger partial charge is 0.433 e. The highest BCUT2D eigenvalue weighted by Gasteiger charge is 2.23. The molecule has 0 saturated carbocycles. The fraction of sp³-hybridized carbons (Fsp3) is 0.222. The number of ether oxygens (including phenoxy) is 1.